The highest BCUT2D eigenvalue weighted by Gasteiger charge is 2.26. The molecule has 16 heavy (non-hydrogen) atoms. The minimum absolute atomic E-state index is 0.157. The molecule has 0 N–H and O–H groups in total. The van der Waals surface area contributed by atoms with Crippen LogP contribution in [0.15, 0.2) is 12.3 Å². The highest BCUT2D eigenvalue weighted by molar-refractivity contribution is 5.53. The summed E-state index contributed by atoms with van der Waals surface area (Å²) in [6.07, 6.45) is 1.70. The molecule has 2 rings (SSSR count). The zero-order valence-electron chi connectivity index (χ0n) is 9.42. The van der Waals surface area contributed by atoms with Crippen molar-refractivity contribution >= 4 is 5.82 Å². The Hall–Kier alpha value is -1.67. The maximum Gasteiger partial charge on any atom is 0.169 e. The summed E-state index contributed by atoms with van der Waals surface area (Å²) in [7, 11) is 0. The minimum atomic E-state index is 0.157. The predicted octanol–water partition coefficient (Wildman–Crippen LogP) is 0.962. The van der Waals surface area contributed by atoms with Crippen molar-refractivity contribution in [3.63, 3.8) is 0 Å². The van der Waals surface area contributed by atoms with E-state index in [0.29, 0.717) is 18.0 Å². The Morgan fingerprint density at radius 2 is 2.38 bits per heavy atom. The lowest BCUT2D eigenvalue weighted by Crippen LogP contribution is -2.48. The fourth-order valence-corrected chi connectivity index (χ4v) is 1.82. The van der Waals surface area contributed by atoms with Gasteiger partial charge in [-0.2, -0.15) is 10.4 Å². The SMILES string of the molecule is CC1CN(c2nnccc2C#N)C(C)CO1. The highest BCUT2D eigenvalue weighted by atomic mass is 16.5. The zero-order chi connectivity index (χ0) is 11.5. The van der Waals surface area contributed by atoms with E-state index in [4.69, 9.17) is 10.00 Å². The molecule has 1 aliphatic heterocycles. The topological polar surface area (TPSA) is 62.0 Å². The van der Waals surface area contributed by atoms with Crippen LogP contribution in [0.1, 0.15) is 19.4 Å². The second-order valence-electron chi connectivity index (χ2n) is 4.03. The molecule has 0 amide bonds. The summed E-state index contributed by atoms with van der Waals surface area (Å²) >= 11 is 0. The first-order valence-corrected chi connectivity index (χ1v) is 5.32. The van der Waals surface area contributed by atoms with Gasteiger partial charge in [0.2, 0.25) is 0 Å². The maximum atomic E-state index is 9.03. The van der Waals surface area contributed by atoms with Crippen molar-refractivity contribution in [2.45, 2.75) is 26.0 Å². The normalized spacial score (nSPS) is 25.2. The lowest BCUT2D eigenvalue weighted by molar-refractivity contribution is 0.0339. The molecule has 1 aromatic rings. The summed E-state index contributed by atoms with van der Waals surface area (Å²) in [5.74, 6) is 0.660. The fraction of sp³-hybridized carbons (Fsp3) is 0.545. The van der Waals surface area contributed by atoms with Crippen LogP contribution < -0.4 is 4.90 Å². The Morgan fingerprint density at radius 1 is 1.56 bits per heavy atom. The molecule has 5 heteroatoms. The number of hydrogen-bond acceptors (Lipinski definition) is 5. The van der Waals surface area contributed by atoms with Gasteiger partial charge in [-0.15, -0.1) is 5.10 Å². The Kier molecular flexibility index (Phi) is 3.02. The summed E-state index contributed by atoms with van der Waals surface area (Å²) in [5.41, 5.74) is 0.566. The third kappa shape index (κ3) is 1.97. The molecule has 1 saturated heterocycles. The number of nitriles is 1. The maximum absolute atomic E-state index is 9.03. The van der Waals surface area contributed by atoms with E-state index >= 15 is 0 Å². The second-order valence-corrected chi connectivity index (χ2v) is 4.03. The summed E-state index contributed by atoms with van der Waals surface area (Å²) in [5, 5.41) is 16.9. The van der Waals surface area contributed by atoms with E-state index in [0.717, 1.165) is 6.54 Å². The van der Waals surface area contributed by atoms with Crippen LogP contribution in [-0.4, -0.2) is 35.5 Å². The molecule has 1 aromatic heterocycles. The molecular weight excluding hydrogens is 204 g/mol. The molecule has 2 unspecified atom stereocenters. The summed E-state index contributed by atoms with van der Waals surface area (Å²) < 4.78 is 5.54. The third-order valence-corrected chi connectivity index (χ3v) is 2.70. The number of morpholine rings is 1. The van der Waals surface area contributed by atoms with Crippen LogP contribution in [0, 0.1) is 11.3 Å². The molecule has 0 aliphatic carbocycles. The lowest BCUT2D eigenvalue weighted by Gasteiger charge is -2.37. The van der Waals surface area contributed by atoms with E-state index in [1.54, 1.807) is 6.07 Å². The highest BCUT2D eigenvalue weighted by Crippen LogP contribution is 2.21. The van der Waals surface area contributed by atoms with Gasteiger partial charge in [-0.25, -0.2) is 0 Å². The van der Waals surface area contributed by atoms with Crippen molar-refractivity contribution in [2.24, 2.45) is 0 Å². The van der Waals surface area contributed by atoms with Gasteiger partial charge in [-0.1, -0.05) is 0 Å². The largest absolute Gasteiger partial charge is 0.375 e. The van der Waals surface area contributed by atoms with E-state index < -0.39 is 0 Å². The third-order valence-electron chi connectivity index (χ3n) is 2.70. The van der Waals surface area contributed by atoms with Gasteiger partial charge in [0.05, 0.1) is 30.5 Å². The fourth-order valence-electron chi connectivity index (χ4n) is 1.82. The number of anilines is 1. The van der Waals surface area contributed by atoms with Crippen LogP contribution in [0.2, 0.25) is 0 Å². The number of aromatic nitrogens is 2. The van der Waals surface area contributed by atoms with Gasteiger partial charge in [0, 0.05) is 6.54 Å². The van der Waals surface area contributed by atoms with Crippen LogP contribution in [0.25, 0.3) is 0 Å². The average Bonchev–Trinajstić information content (AvgIpc) is 2.32. The number of hydrogen-bond donors (Lipinski definition) is 0. The van der Waals surface area contributed by atoms with E-state index in [-0.39, 0.29) is 12.1 Å². The second kappa shape index (κ2) is 4.45. The number of rotatable bonds is 1. The summed E-state index contributed by atoms with van der Waals surface area (Å²) in [4.78, 5) is 2.08. The Morgan fingerprint density at radius 3 is 3.12 bits per heavy atom. The molecule has 0 bridgehead atoms. The Labute approximate surface area is 94.7 Å². The van der Waals surface area contributed by atoms with Crippen LogP contribution in [0.5, 0.6) is 0 Å². The Bertz CT molecular complexity index is 415. The zero-order valence-corrected chi connectivity index (χ0v) is 9.42. The molecule has 0 radical (unpaired) electrons. The van der Waals surface area contributed by atoms with Crippen LogP contribution in [0.4, 0.5) is 5.82 Å². The molecule has 2 atom stereocenters. The molecule has 0 spiro atoms. The summed E-state index contributed by atoms with van der Waals surface area (Å²) in [6, 6.07) is 4.06. The van der Waals surface area contributed by atoms with E-state index in [1.807, 2.05) is 6.92 Å². The van der Waals surface area contributed by atoms with Crippen molar-refractivity contribution in [1.82, 2.24) is 10.2 Å². The molecule has 0 saturated carbocycles. The van der Waals surface area contributed by atoms with Gasteiger partial charge in [-0.05, 0) is 19.9 Å². The number of nitrogens with zero attached hydrogens (tertiary/aromatic N) is 4. The first-order valence-electron chi connectivity index (χ1n) is 5.32. The minimum Gasteiger partial charge on any atom is -0.375 e. The van der Waals surface area contributed by atoms with Crippen LogP contribution in [0.3, 0.4) is 0 Å². The average molecular weight is 218 g/mol. The van der Waals surface area contributed by atoms with Crippen LogP contribution in [-0.2, 0) is 4.74 Å². The first-order chi connectivity index (χ1) is 7.72. The van der Waals surface area contributed by atoms with Gasteiger partial charge in [0.15, 0.2) is 5.82 Å². The van der Waals surface area contributed by atoms with Crippen molar-refractivity contribution in [3.8, 4) is 6.07 Å². The quantitative estimate of drug-likeness (QED) is 0.702. The van der Waals surface area contributed by atoms with E-state index in [2.05, 4.69) is 28.1 Å². The van der Waals surface area contributed by atoms with Gasteiger partial charge in [0.1, 0.15) is 6.07 Å². The van der Waals surface area contributed by atoms with Gasteiger partial charge in [-0.3, -0.25) is 0 Å². The van der Waals surface area contributed by atoms with Crippen molar-refractivity contribution < 1.29 is 4.74 Å². The van der Waals surface area contributed by atoms with E-state index in [9.17, 15) is 0 Å². The van der Waals surface area contributed by atoms with Gasteiger partial charge >= 0.3 is 0 Å². The van der Waals surface area contributed by atoms with Crippen molar-refractivity contribution in [2.75, 3.05) is 18.1 Å². The molecular formula is C11H14N4O. The smallest absolute Gasteiger partial charge is 0.169 e. The molecule has 84 valence electrons. The van der Waals surface area contributed by atoms with Crippen molar-refractivity contribution in [1.29, 1.82) is 5.26 Å². The van der Waals surface area contributed by atoms with E-state index in [1.165, 1.54) is 6.20 Å². The van der Waals surface area contributed by atoms with Gasteiger partial charge in [0.25, 0.3) is 0 Å². The monoisotopic (exact) mass is 218 g/mol. The van der Waals surface area contributed by atoms with Crippen LogP contribution >= 0.6 is 0 Å². The lowest BCUT2D eigenvalue weighted by atomic mass is 10.2. The molecule has 0 aromatic carbocycles. The standard InChI is InChI=1S/C11H14N4O/c1-8-7-16-9(2)6-15(8)11-10(5-12)3-4-13-14-11/h3-4,8-9H,6-7H2,1-2H3. The number of ether oxygens (including phenoxy) is 1. The summed E-state index contributed by atoms with van der Waals surface area (Å²) in [6.45, 7) is 5.47. The predicted molar refractivity (Wildman–Crippen MR) is 59.0 cm³/mol. The molecule has 1 fully saturated rings. The first kappa shape index (κ1) is 10.8. The van der Waals surface area contributed by atoms with Gasteiger partial charge < -0.3 is 9.64 Å². The molecule has 1 aliphatic rings. The van der Waals surface area contributed by atoms with Crippen molar-refractivity contribution in [3.05, 3.63) is 17.8 Å². The molecule has 5 nitrogen and oxygen atoms in total. The molecule has 2 heterocycles. The Balaban J connectivity index is 2.32.